The molecule has 3 amide bonds. The van der Waals surface area contributed by atoms with Crippen molar-refractivity contribution in [2.24, 2.45) is 0 Å². The van der Waals surface area contributed by atoms with Crippen LogP contribution in [0, 0.1) is 0 Å². The molecule has 12 heteroatoms. The van der Waals surface area contributed by atoms with Gasteiger partial charge in [0.25, 0.3) is 5.91 Å². The highest BCUT2D eigenvalue weighted by Crippen LogP contribution is 2.33. The number of hydrogen-bond acceptors (Lipinski definition) is 5. The van der Waals surface area contributed by atoms with Crippen LogP contribution in [-0.4, -0.2) is 40.0 Å². The molecule has 0 atom stereocenters. The SMILES string of the molecule is CC(C)N(C(=O)c1cnc(N2CC(C)(C)NC2=O)nc1N)c1cccc(C(F)(F)F)c1.Cl. The Morgan fingerprint density at radius 2 is 1.97 bits per heavy atom. The van der Waals surface area contributed by atoms with Gasteiger partial charge in [0, 0.05) is 17.9 Å². The van der Waals surface area contributed by atoms with Crippen molar-refractivity contribution >= 4 is 41.8 Å². The van der Waals surface area contributed by atoms with Crippen molar-refractivity contribution < 1.29 is 22.8 Å². The van der Waals surface area contributed by atoms with Crippen molar-refractivity contribution in [2.75, 3.05) is 22.1 Å². The fourth-order valence-corrected chi connectivity index (χ4v) is 3.32. The number of benzene rings is 1. The molecule has 3 rings (SSSR count). The Labute approximate surface area is 189 Å². The molecule has 1 fully saturated rings. The highest BCUT2D eigenvalue weighted by molar-refractivity contribution is 6.09. The van der Waals surface area contributed by atoms with Crippen LogP contribution in [0.2, 0.25) is 0 Å². The van der Waals surface area contributed by atoms with Gasteiger partial charge in [-0.1, -0.05) is 6.07 Å². The van der Waals surface area contributed by atoms with E-state index in [-0.39, 0.29) is 35.4 Å². The monoisotopic (exact) mass is 472 g/mol. The van der Waals surface area contributed by atoms with E-state index in [0.29, 0.717) is 6.54 Å². The lowest BCUT2D eigenvalue weighted by molar-refractivity contribution is -0.137. The molecule has 1 aromatic heterocycles. The molecule has 0 unspecified atom stereocenters. The summed E-state index contributed by atoms with van der Waals surface area (Å²) in [5, 5.41) is 2.77. The van der Waals surface area contributed by atoms with Crippen molar-refractivity contribution in [3.63, 3.8) is 0 Å². The summed E-state index contributed by atoms with van der Waals surface area (Å²) < 4.78 is 39.4. The van der Waals surface area contributed by atoms with Crippen LogP contribution in [-0.2, 0) is 6.18 Å². The first-order chi connectivity index (χ1) is 14.3. The van der Waals surface area contributed by atoms with E-state index in [4.69, 9.17) is 5.73 Å². The number of carbonyl (C=O) groups is 2. The Hall–Kier alpha value is -3.08. The first kappa shape index (κ1) is 25.2. The van der Waals surface area contributed by atoms with Crippen LogP contribution >= 0.6 is 12.4 Å². The van der Waals surface area contributed by atoms with Gasteiger partial charge in [-0.15, -0.1) is 12.4 Å². The van der Waals surface area contributed by atoms with Crippen molar-refractivity contribution in [2.45, 2.75) is 45.5 Å². The number of carbonyl (C=O) groups excluding carboxylic acids is 2. The van der Waals surface area contributed by atoms with Crippen molar-refractivity contribution in [1.29, 1.82) is 0 Å². The predicted molar refractivity (Wildman–Crippen MR) is 117 cm³/mol. The maximum absolute atomic E-state index is 13.2. The lowest BCUT2D eigenvalue weighted by atomic mass is 10.1. The molecule has 1 saturated heterocycles. The number of alkyl halides is 3. The van der Waals surface area contributed by atoms with E-state index in [9.17, 15) is 22.8 Å². The number of nitrogens with one attached hydrogen (secondary N) is 1. The van der Waals surface area contributed by atoms with Gasteiger partial charge in [0.15, 0.2) is 0 Å². The van der Waals surface area contributed by atoms with Crippen molar-refractivity contribution in [3.8, 4) is 0 Å². The molecule has 2 heterocycles. The van der Waals surface area contributed by atoms with E-state index < -0.39 is 35.3 Å². The molecule has 1 aliphatic rings. The second kappa shape index (κ2) is 8.81. The summed E-state index contributed by atoms with van der Waals surface area (Å²) in [6.45, 7) is 7.31. The molecule has 0 bridgehead atoms. The third-order valence-electron chi connectivity index (χ3n) is 4.71. The van der Waals surface area contributed by atoms with E-state index >= 15 is 0 Å². The highest BCUT2D eigenvalue weighted by Gasteiger charge is 2.37. The maximum atomic E-state index is 13.2. The summed E-state index contributed by atoms with van der Waals surface area (Å²) in [5.41, 5.74) is 4.62. The van der Waals surface area contributed by atoms with Gasteiger partial charge in [-0.2, -0.15) is 18.2 Å². The number of nitrogen functional groups attached to an aromatic ring is 1. The number of amides is 3. The average Bonchev–Trinajstić information content (AvgIpc) is 2.93. The molecule has 32 heavy (non-hydrogen) atoms. The first-order valence-electron chi connectivity index (χ1n) is 9.53. The van der Waals surface area contributed by atoms with Crippen LogP contribution in [0.3, 0.4) is 0 Å². The van der Waals surface area contributed by atoms with E-state index in [1.54, 1.807) is 13.8 Å². The van der Waals surface area contributed by atoms with Crippen LogP contribution in [0.15, 0.2) is 30.5 Å². The highest BCUT2D eigenvalue weighted by atomic mass is 35.5. The topological polar surface area (TPSA) is 104 Å². The second-order valence-corrected chi connectivity index (χ2v) is 8.19. The summed E-state index contributed by atoms with van der Waals surface area (Å²) in [7, 11) is 0. The molecular weight excluding hydrogens is 449 g/mol. The molecule has 0 spiro atoms. The zero-order valence-corrected chi connectivity index (χ0v) is 18.7. The van der Waals surface area contributed by atoms with Crippen molar-refractivity contribution in [1.82, 2.24) is 15.3 Å². The third-order valence-corrected chi connectivity index (χ3v) is 4.71. The Bertz CT molecular complexity index is 1030. The first-order valence-corrected chi connectivity index (χ1v) is 9.53. The van der Waals surface area contributed by atoms with Crippen LogP contribution in [0.1, 0.15) is 43.6 Å². The van der Waals surface area contributed by atoms with Gasteiger partial charge in [0.2, 0.25) is 5.95 Å². The Balaban J connectivity index is 0.00000363. The van der Waals surface area contributed by atoms with E-state index in [0.717, 1.165) is 12.1 Å². The van der Waals surface area contributed by atoms with E-state index in [2.05, 4.69) is 15.3 Å². The number of rotatable bonds is 4. The number of hydrogen-bond donors (Lipinski definition) is 2. The fourth-order valence-electron chi connectivity index (χ4n) is 3.32. The number of aromatic nitrogens is 2. The number of nitrogens with zero attached hydrogens (tertiary/aromatic N) is 4. The largest absolute Gasteiger partial charge is 0.416 e. The summed E-state index contributed by atoms with van der Waals surface area (Å²) >= 11 is 0. The number of halogens is 4. The fraction of sp³-hybridized carbons (Fsp3) is 0.400. The van der Waals surface area contributed by atoms with Crippen LogP contribution < -0.4 is 20.9 Å². The number of anilines is 3. The van der Waals surface area contributed by atoms with Gasteiger partial charge in [0.05, 0.1) is 17.6 Å². The molecule has 3 N–H and O–H groups in total. The summed E-state index contributed by atoms with van der Waals surface area (Å²) in [4.78, 5) is 36.0. The molecule has 1 aliphatic heterocycles. The quantitative estimate of drug-likeness (QED) is 0.703. The number of urea groups is 1. The van der Waals surface area contributed by atoms with Gasteiger partial charge in [0.1, 0.15) is 11.4 Å². The Kier molecular flexibility index (Phi) is 6.93. The standard InChI is InChI=1S/C20H23F3N6O2.ClH/c1-11(2)29(13-7-5-6-12(8-13)20(21,22)23)16(30)14-9-25-17(26-15(14)24)28-10-19(3,4)27-18(28)31;/h5-9,11H,10H2,1-4H3,(H,27,31)(H2,24,25,26);1H. The molecule has 0 saturated carbocycles. The second-order valence-electron chi connectivity index (χ2n) is 8.19. The predicted octanol–water partition coefficient (Wildman–Crippen LogP) is 3.86. The van der Waals surface area contributed by atoms with Crippen LogP contribution in [0.4, 0.5) is 35.4 Å². The lowest BCUT2D eigenvalue weighted by Crippen LogP contribution is -2.38. The van der Waals surface area contributed by atoms with E-state index in [1.807, 2.05) is 13.8 Å². The van der Waals surface area contributed by atoms with Gasteiger partial charge in [-0.05, 0) is 45.9 Å². The Morgan fingerprint density at radius 1 is 1.31 bits per heavy atom. The third kappa shape index (κ3) is 5.04. The maximum Gasteiger partial charge on any atom is 0.416 e. The molecular formula is C20H24ClF3N6O2. The van der Waals surface area contributed by atoms with E-state index in [1.165, 1.54) is 28.1 Å². The minimum absolute atomic E-state index is 0. The minimum Gasteiger partial charge on any atom is -0.383 e. The van der Waals surface area contributed by atoms with Gasteiger partial charge < -0.3 is 16.0 Å². The zero-order chi connectivity index (χ0) is 23.1. The van der Waals surface area contributed by atoms with Gasteiger partial charge in [-0.3, -0.25) is 9.69 Å². The molecule has 0 radical (unpaired) electrons. The molecule has 1 aromatic carbocycles. The summed E-state index contributed by atoms with van der Waals surface area (Å²) in [6, 6.07) is 3.62. The summed E-state index contributed by atoms with van der Waals surface area (Å²) in [6.07, 6.45) is -3.36. The number of nitrogens with two attached hydrogens (primary N) is 1. The average molecular weight is 473 g/mol. The Morgan fingerprint density at radius 3 is 2.47 bits per heavy atom. The van der Waals surface area contributed by atoms with Crippen molar-refractivity contribution in [3.05, 3.63) is 41.6 Å². The molecule has 174 valence electrons. The lowest BCUT2D eigenvalue weighted by Gasteiger charge is -2.28. The normalized spacial score (nSPS) is 15.4. The van der Waals surface area contributed by atoms with Crippen LogP contribution in [0.25, 0.3) is 0 Å². The molecule has 0 aliphatic carbocycles. The summed E-state index contributed by atoms with van der Waals surface area (Å²) in [5.74, 6) is -0.790. The molecule has 8 nitrogen and oxygen atoms in total. The molecule has 2 aromatic rings. The van der Waals surface area contributed by atoms with Crippen LogP contribution in [0.5, 0.6) is 0 Å². The smallest absolute Gasteiger partial charge is 0.383 e. The zero-order valence-electron chi connectivity index (χ0n) is 17.9. The van der Waals surface area contributed by atoms with Gasteiger partial charge >= 0.3 is 12.2 Å². The minimum atomic E-state index is -4.55. The van der Waals surface area contributed by atoms with Gasteiger partial charge in [-0.25, -0.2) is 9.78 Å².